The van der Waals surface area contributed by atoms with Crippen LogP contribution in [0.4, 0.5) is 0 Å². The predicted molar refractivity (Wildman–Crippen MR) is 141 cm³/mol. The number of phenolic OH excluding ortho intramolecular Hbond substituents is 4. The van der Waals surface area contributed by atoms with Crippen molar-refractivity contribution in [3.05, 3.63) is 81.8 Å². The van der Waals surface area contributed by atoms with Crippen LogP contribution >= 0.6 is 0 Å². The second-order valence-corrected chi connectivity index (χ2v) is 8.52. The first kappa shape index (κ1) is 29.3. The summed E-state index contributed by atoms with van der Waals surface area (Å²) in [5.41, 5.74) is -1.25. The largest absolute Gasteiger partial charge is 0.504 e. The Morgan fingerprint density at radius 3 is 1.55 bits per heavy atom. The fourth-order valence-electron chi connectivity index (χ4n) is 3.68. The van der Waals surface area contributed by atoms with Gasteiger partial charge in [-0.05, 0) is 30.3 Å². The average molecular weight is 556 g/mol. The van der Waals surface area contributed by atoms with E-state index in [1.54, 1.807) is 4.90 Å². The molecule has 0 radical (unpaired) electrons. The molecule has 0 saturated heterocycles. The molecule has 212 valence electrons. The van der Waals surface area contributed by atoms with Crippen LogP contribution in [0.5, 0.6) is 23.0 Å². The molecule has 1 aromatic heterocycles. The van der Waals surface area contributed by atoms with Crippen molar-refractivity contribution >= 4 is 17.7 Å². The maximum absolute atomic E-state index is 12.4. The topological polar surface area (TPSA) is 214 Å². The number of carbonyl (C=O) groups excluding carboxylic acids is 3. The number of nitrogens with zero attached hydrogens (tertiary/aromatic N) is 2. The van der Waals surface area contributed by atoms with Gasteiger partial charge in [0.1, 0.15) is 5.69 Å². The molecule has 0 unspecified atom stereocenters. The first-order valence-corrected chi connectivity index (χ1v) is 12.1. The zero-order chi connectivity index (χ0) is 29.2. The third-order valence-electron chi connectivity index (χ3n) is 5.82. The Morgan fingerprint density at radius 2 is 1.07 bits per heavy atom. The number of para-hydroxylation sites is 2. The molecular formula is C26H29N5O9. The minimum Gasteiger partial charge on any atom is -0.504 e. The van der Waals surface area contributed by atoms with Crippen molar-refractivity contribution in [3.8, 4) is 23.0 Å². The summed E-state index contributed by atoms with van der Waals surface area (Å²) in [5.74, 6) is -3.93. The lowest BCUT2D eigenvalue weighted by molar-refractivity contribution is 0.0887. The molecule has 40 heavy (non-hydrogen) atoms. The summed E-state index contributed by atoms with van der Waals surface area (Å²) in [4.78, 5) is 50.6. The highest BCUT2D eigenvalue weighted by atomic mass is 16.5. The monoisotopic (exact) mass is 555 g/mol. The quantitative estimate of drug-likeness (QED) is 0.109. The SMILES string of the molecule is O=C(NCCN(CCNC(=O)c1cccc(O)c1O)CCNC(=O)c1cccc(=O)n1O)c1cccc(O)c1O. The molecule has 0 spiro atoms. The molecule has 0 aliphatic rings. The maximum Gasteiger partial charge on any atom is 0.283 e. The fourth-order valence-corrected chi connectivity index (χ4v) is 3.68. The third kappa shape index (κ3) is 7.41. The summed E-state index contributed by atoms with van der Waals surface area (Å²) in [6, 6.07) is 11.7. The summed E-state index contributed by atoms with van der Waals surface area (Å²) in [6.45, 7) is 0.976. The van der Waals surface area contributed by atoms with Gasteiger partial charge in [0.25, 0.3) is 23.3 Å². The second-order valence-electron chi connectivity index (χ2n) is 8.52. The van der Waals surface area contributed by atoms with Gasteiger partial charge in [-0.25, -0.2) is 0 Å². The van der Waals surface area contributed by atoms with Gasteiger partial charge in [0, 0.05) is 45.3 Å². The maximum atomic E-state index is 12.4. The number of rotatable bonds is 12. The van der Waals surface area contributed by atoms with E-state index >= 15 is 0 Å². The first-order chi connectivity index (χ1) is 19.1. The standard InChI is InChI=1S/C26H29N5O9/c32-19-7-1-4-16(22(19)35)24(37)27-10-13-30(14-11-28-25(38)17-5-2-8-20(33)23(17)36)15-12-29-26(39)18-6-3-9-21(34)31(18)40/h1-9,32-33,35-36,40H,10-15H2,(H,27,37)(H,28,38)(H,29,39). The molecule has 0 aliphatic carbocycles. The minimum absolute atomic E-state index is 0.0739. The average Bonchev–Trinajstić information content (AvgIpc) is 2.92. The number of nitrogens with one attached hydrogen (secondary N) is 3. The predicted octanol–water partition coefficient (Wildman–Crippen LogP) is -0.200. The number of pyridine rings is 1. The van der Waals surface area contributed by atoms with Crippen molar-refractivity contribution in [2.75, 3.05) is 39.3 Å². The molecule has 14 heteroatoms. The van der Waals surface area contributed by atoms with Gasteiger partial charge in [0.2, 0.25) is 0 Å². The van der Waals surface area contributed by atoms with Crippen LogP contribution in [0.2, 0.25) is 0 Å². The molecule has 1 heterocycles. The molecule has 0 bridgehead atoms. The van der Waals surface area contributed by atoms with E-state index in [0.29, 0.717) is 0 Å². The van der Waals surface area contributed by atoms with Crippen molar-refractivity contribution in [1.82, 2.24) is 25.6 Å². The van der Waals surface area contributed by atoms with Crippen LogP contribution < -0.4 is 21.5 Å². The lowest BCUT2D eigenvalue weighted by atomic mass is 10.1. The van der Waals surface area contributed by atoms with Crippen molar-refractivity contribution in [2.45, 2.75) is 0 Å². The van der Waals surface area contributed by atoms with Gasteiger partial charge in [-0.3, -0.25) is 24.1 Å². The highest BCUT2D eigenvalue weighted by Gasteiger charge is 2.17. The molecule has 2 aromatic carbocycles. The number of hydrogen-bond acceptors (Lipinski definition) is 10. The molecule has 0 atom stereocenters. The van der Waals surface area contributed by atoms with Crippen LogP contribution in [0.3, 0.4) is 0 Å². The Hall–Kier alpha value is -5.24. The van der Waals surface area contributed by atoms with Gasteiger partial charge >= 0.3 is 0 Å². The van der Waals surface area contributed by atoms with Gasteiger partial charge in [0.05, 0.1) is 11.1 Å². The van der Waals surface area contributed by atoms with Gasteiger partial charge < -0.3 is 41.6 Å². The van der Waals surface area contributed by atoms with Crippen LogP contribution in [0.1, 0.15) is 31.2 Å². The fraction of sp³-hybridized carbons (Fsp3) is 0.231. The van der Waals surface area contributed by atoms with E-state index in [-0.39, 0.29) is 60.8 Å². The number of aromatic nitrogens is 1. The molecule has 3 rings (SSSR count). The van der Waals surface area contributed by atoms with E-state index in [0.717, 1.165) is 6.07 Å². The van der Waals surface area contributed by atoms with Gasteiger partial charge in [-0.2, -0.15) is 0 Å². The second kappa shape index (κ2) is 13.5. The van der Waals surface area contributed by atoms with Crippen LogP contribution in [0.15, 0.2) is 59.4 Å². The molecule has 8 N–H and O–H groups in total. The van der Waals surface area contributed by atoms with E-state index in [4.69, 9.17) is 0 Å². The number of hydrogen-bond donors (Lipinski definition) is 8. The Balaban J connectivity index is 1.59. The molecule has 0 fully saturated rings. The zero-order valence-corrected chi connectivity index (χ0v) is 21.2. The normalized spacial score (nSPS) is 10.7. The van der Waals surface area contributed by atoms with Gasteiger partial charge in [0.15, 0.2) is 23.0 Å². The lowest BCUT2D eigenvalue weighted by Crippen LogP contribution is -2.43. The lowest BCUT2D eigenvalue weighted by Gasteiger charge is -2.23. The number of aromatic hydroxyl groups is 4. The van der Waals surface area contributed by atoms with Crippen molar-refractivity contribution in [3.63, 3.8) is 0 Å². The van der Waals surface area contributed by atoms with E-state index < -0.39 is 46.3 Å². The zero-order valence-electron chi connectivity index (χ0n) is 21.2. The summed E-state index contributed by atoms with van der Waals surface area (Å²) in [5, 5.41) is 56.6. The Bertz CT molecular complexity index is 1370. The number of amides is 3. The van der Waals surface area contributed by atoms with Crippen LogP contribution in [-0.2, 0) is 0 Å². The van der Waals surface area contributed by atoms with Gasteiger partial charge in [-0.15, -0.1) is 4.73 Å². The summed E-state index contributed by atoms with van der Waals surface area (Å²) >= 11 is 0. The molecule has 0 saturated carbocycles. The van der Waals surface area contributed by atoms with Crippen LogP contribution in [-0.4, -0.2) is 92.3 Å². The molecule has 3 amide bonds. The third-order valence-corrected chi connectivity index (χ3v) is 5.82. The molecule has 14 nitrogen and oxygen atoms in total. The molecule has 0 aliphatic heterocycles. The highest BCUT2D eigenvalue weighted by molar-refractivity contribution is 5.98. The summed E-state index contributed by atoms with van der Waals surface area (Å²) in [6.07, 6.45) is 0. The number of carbonyl (C=O) groups is 3. The minimum atomic E-state index is -0.767. The Labute approximate surface area is 227 Å². The smallest absolute Gasteiger partial charge is 0.283 e. The first-order valence-electron chi connectivity index (χ1n) is 12.1. The van der Waals surface area contributed by atoms with Gasteiger partial charge in [-0.1, -0.05) is 18.2 Å². The highest BCUT2D eigenvalue weighted by Crippen LogP contribution is 2.28. The van der Waals surface area contributed by atoms with Crippen LogP contribution in [0, 0.1) is 0 Å². The Kier molecular flexibility index (Phi) is 9.91. The van der Waals surface area contributed by atoms with E-state index in [9.17, 15) is 44.8 Å². The van der Waals surface area contributed by atoms with E-state index in [1.165, 1.54) is 48.5 Å². The molecule has 3 aromatic rings. The molecular weight excluding hydrogens is 526 g/mol. The van der Waals surface area contributed by atoms with Crippen molar-refractivity contribution in [2.24, 2.45) is 0 Å². The van der Waals surface area contributed by atoms with Crippen molar-refractivity contribution in [1.29, 1.82) is 0 Å². The van der Waals surface area contributed by atoms with Crippen molar-refractivity contribution < 1.29 is 40.0 Å². The summed E-state index contributed by atoms with van der Waals surface area (Å²) < 4.78 is 0.228. The summed E-state index contributed by atoms with van der Waals surface area (Å²) in [7, 11) is 0. The van der Waals surface area contributed by atoms with E-state index in [2.05, 4.69) is 16.0 Å². The Morgan fingerprint density at radius 1 is 0.650 bits per heavy atom. The number of phenols is 4. The van der Waals surface area contributed by atoms with E-state index in [1.807, 2.05) is 0 Å². The van der Waals surface area contributed by atoms with Crippen LogP contribution in [0.25, 0.3) is 0 Å². The number of benzene rings is 2.